The van der Waals surface area contributed by atoms with Gasteiger partial charge in [0, 0.05) is 18.1 Å². The van der Waals surface area contributed by atoms with Crippen LogP contribution in [-0.2, 0) is 30.9 Å². The fourth-order valence-corrected chi connectivity index (χ4v) is 5.56. The van der Waals surface area contributed by atoms with E-state index in [2.05, 4.69) is 10.6 Å². The Morgan fingerprint density at radius 2 is 1.90 bits per heavy atom. The molecule has 0 bridgehead atoms. The number of carbonyl (C=O) groups excluding carboxylic acids is 2. The molecule has 0 saturated carbocycles. The molecule has 156 valence electrons. The van der Waals surface area contributed by atoms with Crippen LogP contribution in [0.3, 0.4) is 0 Å². The van der Waals surface area contributed by atoms with Crippen LogP contribution in [0.2, 0.25) is 5.02 Å². The maximum Gasteiger partial charge on any atom is 0.309 e. The maximum atomic E-state index is 12.8. The second-order valence-corrected chi connectivity index (χ2v) is 9.75. The third-order valence-corrected chi connectivity index (χ3v) is 7.74. The first-order chi connectivity index (χ1) is 13.9. The Balaban J connectivity index is 1.55. The van der Waals surface area contributed by atoms with Crippen LogP contribution in [0.4, 0.5) is 0 Å². The zero-order chi connectivity index (χ0) is 20.9. The molecule has 2 amide bonds. The van der Waals surface area contributed by atoms with E-state index in [9.17, 15) is 18.0 Å². The quantitative estimate of drug-likeness (QED) is 0.641. The van der Waals surface area contributed by atoms with Crippen molar-refractivity contribution in [1.29, 1.82) is 0 Å². The smallest absolute Gasteiger partial charge is 0.309 e. The number of sulfonamides is 1. The third kappa shape index (κ3) is 5.55. The number of ether oxygens (including phenoxy) is 1. The molecule has 8 nitrogen and oxygen atoms in total. The van der Waals surface area contributed by atoms with Gasteiger partial charge < -0.3 is 15.4 Å². The Kier molecular flexibility index (Phi) is 7.25. The molecular weight excluding hydrogens is 438 g/mol. The molecule has 1 aromatic carbocycles. The van der Waals surface area contributed by atoms with Gasteiger partial charge in [-0.15, -0.1) is 11.3 Å². The van der Waals surface area contributed by atoms with E-state index in [1.807, 2.05) is 0 Å². The van der Waals surface area contributed by atoms with E-state index < -0.39 is 28.1 Å². The Morgan fingerprint density at radius 1 is 1.17 bits per heavy atom. The SMILES string of the molecule is O=C(NCc1ccc(Cl)cc1)C(=O)NC[C@H]1OCCCN1S(=O)(=O)c1cccs1. The molecule has 3 rings (SSSR count). The Labute approximate surface area is 177 Å². The number of hydrogen-bond acceptors (Lipinski definition) is 6. The van der Waals surface area contributed by atoms with Crippen molar-refractivity contribution in [3.63, 3.8) is 0 Å². The highest BCUT2D eigenvalue weighted by atomic mass is 35.5. The zero-order valence-electron chi connectivity index (χ0n) is 15.3. The van der Waals surface area contributed by atoms with Gasteiger partial charge in [-0.1, -0.05) is 29.8 Å². The molecule has 1 aliphatic rings. The fraction of sp³-hybridized carbons (Fsp3) is 0.333. The van der Waals surface area contributed by atoms with E-state index in [4.69, 9.17) is 16.3 Å². The van der Waals surface area contributed by atoms with Crippen LogP contribution in [0.25, 0.3) is 0 Å². The Hall–Kier alpha value is -1.98. The molecule has 1 aliphatic heterocycles. The van der Waals surface area contributed by atoms with Gasteiger partial charge in [0.1, 0.15) is 10.4 Å². The van der Waals surface area contributed by atoms with Crippen molar-refractivity contribution in [2.75, 3.05) is 19.7 Å². The summed E-state index contributed by atoms with van der Waals surface area (Å²) in [5.41, 5.74) is 0.791. The molecule has 1 fully saturated rings. The van der Waals surface area contributed by atoms with Crippen LogP contribution in [0.5, 0.6) is 0 Å². The number of halogens is 1. The lowest BCUT2D eigenvalue weighted by Crippen LogP contribution is -2.52. The first kappa shape index (κ1) is 21.7. The minimum atomic E-state index is -3.72. The highest BCUT2D eigenvalue weighted by Crippen LogP contribution is 2.25. The summed E-state index contributed by atoms with van der Waals surface area (Å²) in [6.07, 6.45) is -0.319. The van der Waals surface area contributed by atoms with E-state index in [0.29, 0.717) is 18.1 Å². The number of amides is 2. The van der Waals surface area contributed by atoms with Crippen molar-refractivity contribution in [1.82, 2.24) is 14.9 Å². The molecule has 2 aromatic rings. The van der Waals surface area contributed by atoms with Gasteiger partial charge in [-0.3, -0.25) is 9.59 Å². The molecule has 0 spiro atoms. The number of nitrogens with one attached hydrogen (secondary N) is 2. The second kappa shape index (κ2) is 9.68. The predicted molar refractivity (Wildman–Crippen MR) is 109 cm³/mol. The molecule has 29 heavy (non-hydrogen) atoms. The summed E-state index contributed by atoms with van der Waals surface area (Å²) in [4.78, 5) is 24.1. The lowest BCUT2D eigenvalue weighted by atomic mass is 10.2. The number of nitrogens with zero attached hydrogens (tertiary/aromatic N) is 1. The minimum Gasteiger partial charge on any atom is -0.360 e. The van der Waals surface area contributed by atoms with E-state index in [1.165, 1.54) is 10.4 Å². The van der Waals surface area contributed by atoms with Crippen LogP contribution in [0.15, 0.2) is 46.0 Å². The van der Waals surface area contributed by atoms with Crippen molar-refractivity contribution in [3.8, 4) is 0 Å². The van der Waals surface area contributed by atoms with Crippen molar-refractivity contribution >= 4 is 44.8 Å². The van der Waals surface area contributed by atoms with Gasteiger partial charge in [0.2, 0.25) is 0 Å². The molecular formula is C18H20ClN3O5S2. The standard InChI is InChI=1S/C18H20ClN3O5S2/c19-14-6-4-13(5-7-14)11-20-17(23)18(24)21-12-15-22(8-2-9-27-15)29(25,26)16-3-1-10-28-16/h1,3-7,10,15H,2,8-9,11-12H2,(H,20,23)(H,21,24)/t15-/m1/s1. The summed E-state index contributed by atoms with van der Waals surface area (Å²) in [5, 5.41) is 7.21. The molecule has 1 atom stereocenters. The van der Waals surface area contributed by atoms with E-state index in [-0.39, 0.29) is 23.8 Å². The van der Waals surface area contributed by atoms with E-state index >= 15 is 0 Å². The van der Waals surface area contributed by atoms with Crippen LogP contribution < -0.4 is 10.6 Å². The fourth-order valence-electron chi connectivity index (χ4n) is 2.75. The third-order valence-electron chi connectivity index (χ3n) is 4.22. The summed E-state index contributed by atoms with van der Waals surface area (Å²) in [6.45, 7) is 0.698. The van der Waals surface area contributed by atoms with Gasteiger partial charge >= 0.3 is 11.8 Å². The maximum absolute atomic E-state index is 12.8. The van der Waals surface area contributed by atoms with Crippen molar-refractivity contribution in [2.24, 2.45) is 0 Å². The van der Waals surface area contributed by atoms with Gasteiger partial charge in [0.05, 0.1) is 13.2 Å². The van der Waals surface area contributed by atoms with Gasteiger partial charge in [-0.2, -0.15) is 4.31 Å². The average Bonchev–Trinajstić information content (AvgIpc) is 3.27. The second-order valence-electron chi connectivity index (χ2n) is 6.25. The molecule has 0 unspecified atom stereocenters. The van der Waals surface area contributed by atoms with Gasteiger partial charge in [0.25, 0.3) is 10.0 Å². The monoisotopic (exact) mass is 457 g/mol. The van der Waals surface area contributed by atoms with Crippen LogP contribution >= 0.6 is 22.9 Å². The molecule has 1 saturated heterocycles. The summed E-state index contributed by atoms with van der Waals surface area (Å²) in [5.74, 6) is -1.68. The highest BCUT2D eigenvalue weighted by Gasteiger charge is 2.35. The van der Waals surface area contributed by atoms with E-state index in [1.54, 1.807) is 35.7 Å². The molecule has 2 heterocycles. The number of hydrogen-bond donors (Lipinski definition) is 2. The first-order valence-corrected chi connectivity index (χ1v) is 11.5. The van der Waals surface area contributed by atoms with Crippen molar-refractivity contribution in [3.05, 3.63) is 52.4 Å². The summed E-state index contributed by atoms with van der Waals surface area (Å²) in [7, 11) is -3.72. The number of benzene rings is 1. The Bertz CT molecular complexity index is 948. The van der Waals surface area contributed by atoms with Crippen LogP contribution in [0, 0.1) is 0 Å². The van der Waals surface area contributed by atoms with Crippen LogP contribution in [-0.4, -0.2) is 50.5 Å². The van der Waals surface area contributed by atoms with Gasteiger partial charge in [0.15, 0.2) is 0 Å². The minimum absolute atomic E-state index is 0.127. The number of thiophene rings is 1. The summed E-state index contributed by atoms with van der Waals surface area (Å²) in [6, 6.07) is 10.0. The topological polar surface area (TPSA) is 105 Å². The van der Waals surface area contributed by atoms with E-state index in [0.717, 1.165) is 16.9 Å². The summed E-state index contributed by atoms with van der Waals surface area (Å²) < 4.78 is 32.5. The normalized spacial score (nSPS) is 17.6. The number of carbonyl (C=O) groups is 2. The van der Waals surface area contributed by atoms with Gasteiger partial charge in [-0.05, 0) is 35.6 Å². The average molecular weight is 458 g/mol. The highest BCUT2D eigenvalue weighted by molar-refractivity contribution is 7.91. The zero-order valence-corrected chi connectivity index (χ0v) is 17.7. The largest absolute Gasteiger partial charge is 0.360 e. The predicted octanol–water partition coefficient (Wildman–Crippen LogP) is 1.57. The van der Waals surface area contributed by atoms with Crippen molar-refractivity contribution < 1.29 is 22.7 Å². The molecule has 0 radical (unpaired) electrons. The first-order valence-electron chi connectivity index (χ1n) is 8.85. The number of rotatable bonds is 6. The summed E-state index contributed by atoms with van der Waals surface area (Å²) >= 11 is 6.92. The van der Waals surface area contributed by atoms with Crippen LogP contribution in [0.1, 0.15) is 12.0 Å². The Morgan fingerprint density at radius 3 is 2.59 bits per heavy atom. The lowest BCUT2D eigenvalue weighted by molar-refractivity contribution is -0.140. The molecule has 1 aromatic heterocycles. The molecule has 11 heteroatoms. The lowest BCUT2D eigenvalue weighted by Gasteiger charge is -2.34. The molecule has 0 aliphatic carbocycles. The molecule has 2 N–H and O–H groups in total. The van der Waals surface area contributed by atoms with Gasteiger partial charge in [-0.25, -0.2) is 8.42 Å². The van der Waals surface area contributed by atoms with Crippen molar-refractivity contribution in [2.45, 2.75) is 23.4 Å².